The van der Waals surface area contributed by atoms with E-state index in [0.29, 0.717) is 18.5 Å². The van der Waals surface area contributed by atoms with E-state index in [1.807, 2.05) is 34.9 Å². The molecule has 2 N–H and O–H groups in total. The summed E-state index contributed by atoms with van der Waals surface area (Å²) < 4.78 is 13.0. The number of hydrogen-bond donors (Lipinski definition) is 2. The van der Waals surface area contributed by atoms with Crippen molar-refractivity contribution in [3.05, 3.63) is 60.8 Å². The van der Waals surface area contributed by atoms with Crippen LogP contribution in [-0.2, 0) is 4.74 Å². The molecule has 41 heavy (non-hydrogen) atoms. The van der Waals surface area contributed by atoms with Gasteiger partial charge in [-0.2, -0.15) is 0 Å². The minimum atomic E-state index is -1.09. The highest BCUT2D eigenvalue weighted by Gasteiger charge is 2.43. The number of imidazole rings is 1. The van der Waals surface area contributed by atoms with Crippen molar-refractivity contribution in [3.8, 4) is 17.3 Å². The molecule has 2 amide bonds. The molecule has 3 atom stereocenters. The summed E-state index contributed by atoms with van der Waals surface area (Å²) in [4.78, 5) is 41.8. The van der Waals surface area contributed by atoms with Gasteiger partial charge in [0.05, 0.1) is 37.3 Å². The standard InChI is InChI=1S/C29H36N6O6/c1-40-19-29(39)12-6-5-10-23(29)35-20-32-24(25(35)21-8-3-2-4-9-21)26(36)34-16-15-33(28(37)38)18-22(34)11-17-41-27-30-13-7-14-31-27/h2-4,7-9,13-14,20,22-23,39H,5-6,10-12,15-19H2,1H3,(H,37,38)/t22-,23-,29-/m1/s1. The average Bonchev–Trinajstić information content (AvgIpc) is 3.43. The molecule has 218 valence electrons. The average molecular weight is 565 g/mol. The van der Waals surface area contributed by atoms with Crippen LogP contribution >= 0.6 is 0 Å². The van der Waals surface area contributed by atoms with Crippen molar-refractivity contribution < 1.29 is 29.3 Å². The van der Waals surface area contributed by atoms with Crippen LogP contribution in [0.1, 0.15) is 48.6 Å². The first kappa shape index (κ1) is 28.5. The van der Waals surface area contributed by atoms with Gasteiger partial charge in [0.15, 0.2) is 5.69 Å². The van der Waals surface area contributed by atoms with Gasteiger partial charge in [0.1, 0.15) is 5.60 Å². The number of piperazine rings is 1. The van der Waals surface area contributed by atoms with Crippen LogP contribution < -0.4 is 4.74 Å². The van der Waals surface area contributed by atoms with Crippen molar-refractivity contribution in [2.75, 3.05) is 40.0 Å². The summed E-state index contributed by atoms with van der Waals surface area (Å²) in [6.07, 6.45) is 7.29. The number of aromatic nitrogens is 4. The number of carboxylic acid groups (broad SMARTS) is 1. The fraction of sp³-hybridized carbons (Fsp3) is 0.483. The van der Waals surface area contributed by atoms with E-state index in [4.69, 9.17) is 9.47 Å². The summed E-state index contributed by atoms with van der Waals surface area (Å²) in [5.74, 6) is -0.292. The van der Waals surface area contributed by atoms with E-state index in [1.54, 1.807) is 36.8 Å². The summed E-state index contributed by atoms with van der Waals surface area (Å²) in [6, 6.07) is 10.7. The Morgan fingerprint density at radius 3 is 2.59 bits per heavy atom. The van der Waals surface area contributed by atoms with Crippen LogP contribution in [-0.4, -0.2) is 103 Å². The van der Waals surface area contributed by atoms with Gasteiger partial charge in [-0.05, 0) is 18.9 Å². The number of nitrogens with zero attached hydrogens (tertiary/aromatic N) is 6. The summed E-state index contributed by atoms with van der Waals surface area (Å²) in [5, 5.41) is 21.3. The Hall–Kier alpha value is -4.03. The Kier molecular flexibility index (Phi) is 8.79. The van der Waals surface area contributed by atoms with Crippen molar-refractivity contribution in [2.45, 2.75) is 49.8 Å². The number of rotatable bonds is 9. The van der Waals surface area contributed by atoms with E-state index in [-0.39, 0.29) is 56.5 Å². The van der Waals surface area contributed by atoms with Crippen LogP contribution in [0.15, 0.2) is 55.1 Å². The quantitative estimate of drug-likeness (QED) is 0.401. The first-order valence-electron chi connectivity index (χ1n) is 13.9. The molecule has 1 aliphatic heterocycles. The number of carbonyl (C=O) groups is 2. The number of hydrogen-bond acceptors (Lipinski definition) is 8. The Morgan fingerprint density at radius 2 is 1.85 bits per heavy atom. The molecule has 0 bridgehead atoms. The monoisotopic (exact) mass is 564 g/mol. The maximum absolute atomic E-state index is 14.2. The second-order valence-electron chi connectivity index (χ2n) is 10.6. The molecule has 3 aromatic rings. The molecule has 1 saturated heterocycles. The second-order valence-corrected chi connectivity index (χ2v) is 10.6. The van der Waals surface area contributed by atoms with Gasteiger partial charge in [0.25, 0.3) is 5.91 Å². The lowest BCUT2D eigenvalue weighted by molar-refractivity contribution is -0.0893. The molecule has 1 saturated carbocycles. The Bertz CT molecular complexity index is 1320. The van der Waals surface area contributed by atoms with Crippen LogP contribution in [0.3, 0.4) is 0 Å². The minimum Gasteiger partial charge on any atom is -0.465 e. The fourth-order valence-electron chi connectivity index (χ4n) is 5.98. The van der Waals surface area contributed by atoms with Gasteiger partial charge in [-0.3, -0.25) is 4.79 Å². The zero-order valence-corrected chi connectivity index (χ0v) is 23.1. The lowest BCUT2D eigenvalue weighted by Gasteiger charge is -2.41. The number of amides is 2. The molecule has 0 unspecified atom stereocenters. The smallest absolute Gasteiger partial charge is 0.407 e. The minimum absolute atomic E-state index is 0.150. The van der Waals surface area contributed by atoms with E-state index < -0.39 is 17.7 Å². The third-order valence-corrected chi connectivity index (χ3v) is 7.97. The molecule has 1 aromatic carbocycles. The lowest BCUT2D eigenvalue weighted by Crippen LogP contribution is -2.56. The first-order valence-corrected chi connectivity index (χ1v) is 13.9. The van der Waals surface area contributed by atoms with E-state index in [2.05, 4.69) is 15.0 Å². The van der Waals surface area contributed by atoms with Crippen molar-refractivity contribution >= 4 is 12.0 Å². The van der Waals surface area contributed by atoms with Crippen LogP contribution in [0.5, 0.6) is 6.01 Å². The van der Waals surface area contributed by atoms with Crippen LogP contribution in [0.2, 0.25) is 0 Å². The molecule has 1 aliphatic carbocycles. The summed E-state index contributed by atoms with van der Waals surface area (Å²) >= 11 is 0. The Balaban J connectivity index is 1.46. The van der Waals surface area contributed by atoms with Crippen molar-refractivity contribution in [1.29, 1.82) is 0 Å². The van der Waals surface area contributed by atoms with E-state index in [0.717, 1.165) is 24.8 Å². The molecule has 2 aromatic heterocycles. The third-order valence-electron chi connectivity index (χ3n) is 7.97. The molecule has 2 fully saturated rings. The highest BCUT2D eigenvalue weighted by atomic mass is 16.5. The Labute approximate surface area is 238 Å². The van der Waals surface area contributed by atoms with Gasteiger partial charge in [-0.25, -0.2) is 19.7 Å². The molecular formula is C29H36N6O6. The molecule has 0 spiro atoms. The molecule has 3 heterocycles. The summed E-state index contributed by atoms with van der Waals surface area (Å²) in [7, 11) is 1.58. The molecular weight excluding hydrogens is 528 g/mol. The topological polar surface area (TPSA) is 143 Å². The van der Waals surface area contributed by atoms with Crippen LogP contribution in [0, 0.1) is 0 Å². The first-order chi connectivity index (χ1) is 19.9. The number of carbonyl (C=O) groups excluding carboxylic acids is 1. The fourth-order valence-corrected chi connectivity index (χ4v) is 5.98. The van der Waals surface area contributed by atoms with Gasteiger partial charge in [-0.1, -0.05) is 43.2 Å². The van der Waals surface area contributed by atoms with E-state index in [1.165, 1.54) is 4.90 Å². The number of aliphatic hydroxyl groups is 1. The van der Waals surface area contributed by atoms with Crippen LogP contribution in [0.4, 0.5) is 4.79 Å². The predicted octanol–water partition coefficient (Wildman–Crippen LogP) is 3.11. The SMILES string of the molecule is COC[C@]1(O)CCCC[C@H]1n1cnc(C(=O)N2CCN(C(=O)O)C[C@H]2CCOc2ncccn2)c1-c1ccccc1. The van der Waals surface area contributed by atoms with E-state index in [9.17, 15) is 19.8 Å². The van der Waals surface area contributed by atoms with Crippen molar-refractivity contribution in [2.24, 2.45) is 0 Å². The largest absolute Gasteiger partial charge is 0.465 e. The van der Waals surface area contributed by atoms with Crippen molar-refractivity contribution in [1.82, 2.24) is 29.3 Å². The molecule has 5 rings (SSSR count). The maximum Gasteiger partial charge on any atom is 0.407 e. The molecule has 12 heteroatoms. The number of methoxy groups -OCH3 is 1. The summed E-state index contributed by atoms with van der Waals surface area (Å²) in [6.45, 7) is 0.945. The zero-order valence-electron chi connectivity index (χ0n) is 23.1. The highest BCUT2D eigenvalue weighted by Crippen LogP contribution is 2.41. The second kappa shape index (κ2) is 12.6. The summed E-state index contributed by atoms with van der Waals surface area (Å²) in [5.41, 5.74) is 0.612. The third kappa shape index (κ3) is 6.18. The van der Waals surface area contributed by atoms with Gasteiger partial charge >= 0.3 is 12.1 Å². The Morgan fingerprint density at radius 1 is 1.07 bits per heavy atom. The maximum atomic E-state index is 14.2. The molecule has 0 radical (unpaired) electrons. The van der Waals surface area contributed by atoms with Crippen LogP contribution in [0.25, 0.3) is 11.3 Å². The highest BCUT2D eigenvalue weighted by molar-refractivity contribution is 5.98. The molecule has 2 aliphatic rings. The van der Waals surface area contributed by atoms with Gasteiger partial charge < -0.3 is 34.1 Å². The van der Waals surface area contributed by atoms with Gasteiger partial charge in [-0.15, -0.1) is 0 Å². The van der Waals surface area contributed by atoms with E-state index >= 15 is 0 Å². The van der Waals surface area contributed by atoms with Crippen molar-refractivity contribution in [3.63, 3.8) is 0 Å². The normalized spacial score (nSPS) is 22.9. The van der Waals surface area contributed by atoms with Gasteiger partial charge in [0, 0.05) is 51.1 Å². The molecule has 12 nitrogen and oxygen atoms in total. The number of benzene rings is 1. The zero-order chi connectivity index (χ0) is 28.8. The lowest BCUT2D eigenvalue weighted by atomic mass is 9.80. The predicted molar refractivity (Wildman–Crippen MR) is 149 cm³/mol. The van der Waals surface area contributed by atoms with Gasteiger partial charge in [0.2, 0.25) is 0 Å². The number of ether oxygens (including phenoxy) is 2.